The van der Waals surface area contributed by atoms with Crippen LogP contribution >= 0.6 is 0 Å². The van der Waals surface area contributed by atoms with Gasteiger partial charge in [0.25, 0.3) is 0 Å². The van der Waals surface area contributed by atoms with E-state index in [4.69, 9.17) is 29.7 Å². The molecule has 5 aliphatic rings. The summed E-state index contributed by atoms with van der Waals surface area (Å²) in [5.74, 6) is -0.102. The maximum atomic E-state index is 6.47. The predicted molar refractivity (Wildman–Crippen MR) is 81.9 cm³/mol. The molecule has 6 nitrogen and oxygen atoms in total. The predicted octanol–water partition coefficient (Wildman–Crippen LogP) is 2.31. The zero-order valence-electron chi connectivity index (χ0n) is 14.5. The van der Waals surface area contributed by atoms with Crippen molar-refractivity contribution in [2.75, 3.05) is 0 Å². The third-order valence-electron chi connectivity index (χ3n) is 6.21. The number of hydrogen-bond donors (Lipinski definition) is 1. The van der Waals surface area contributed by atoms with E-state index in [1.54, 1.807) is 0 Å². The van der Waals surface area contributed by atoms with Crippen LogP contribution in [-0.2, 0) is 24.0 Å². The first-order valence-corrected chi connectivity index (χ1v) is 8.97. The molecule has 4 aliphatic heterocycles. The van der Waals surface area contributed by atoms with Crippen molar-refractivity contribution < 1.29 is 24.0 Å². The van der Waals surface area contributed by atoms with Crippen molar-refractivity contribution in [3.63, 3.8) is 0 Å². The van der Waals surface area contributed by atoms with Crippen LogP contribution in [0.3, 0.4) is 0 Å². The van der Waals surface area contributed by atoms with Crippen LogP contribution in [0.25, 0.3) is 0 Å². The Morgan fingerprint density at radius 3 is 2.65 bits per heavy atom. The SMILES string of the molecule is CC(C)O[C@H]1O[C@@H]2O[C@@]3(C)CC[C@H]4[C@H](N)CC[C@@H]([C@H]1C)[C@@]24OO3. The highest BCUT2D eigenvalue weighted by molar-refractivity contribution is 5.10. The molecule has 0 unspecified atom stereocenters. The Morgan fingerprint density at radius 1 is 1.13 bits per heavy atom. The molecule has 1 aliphatic carbocycles. The highest BCUT2D eigenvalue weighted by Gasteiger charge is 2.69. The van der Waals surface area contributed by atoms with Crippen molar-refractivity contribution in [2.24, 2.45) is 23.5 Å². The maximum Gasteiger partial charge on any atom is 0.201 e. The Kier molecular flexibility index (Phi) is 3.80. The molecule has 4 saturated heterocycles. The molecular formula is C17H29NO5. The molecule has 0 amide bonds. The Balaban J connectivity index is 1.73. The average Bonchev–Trinajstić information content (AvgIpc) is 2.70. The number of nitrogens with two attached hydrogens (primary N) is 1. The number of hydrogen-bond acceptors (Lipinski definition) is 6. The lowest BCUT2D eigenvalue weighted by Crippen LogP contribution is -2.72. The molecule has 23 heavy (non-hydrogen) atoms. The van der Waals surface area contributed by atoms with Crippen LogP contribution < -0.4 is 5.73 Å². The van der Waals surface area contributed by atoms with E-state index in [1.807, 2.05) is 20.8 Å². The molecule has 1 saturated carbocycles. The summed E-state index contributed by atoms with van der Waals surface area (Å²) in [6, 6.07) is 0.0970. The van der Waals surface area contributed by atoms with Crippen molar-refractivity contribution in [3.05, 3.63) is 0 Å². The van der Waals surface area contributed by atoms with Gasteiger partial charge in [-0.1, -0.05) is 6.92 Å². The van der Waals surface area contributed by atoms with Gasteiger partial charge >= 0.3 is 0 Å². The molecular weight excluding hydrogens is 298 g/mol. The summed E-state index contributed by atoms with van der Waals surface area (Å²) in [5.41, 5.74) is 5.86. The summed E-state index contributed by atoms with van der Waals surface area (Å²) >= 11 is 0. The molecule has 0 aromatic heterocycles. The summed E-state index contributed by atoms with van der Waals surface area (Å²) in [6.07, 6.45) is 3.04. The molecule has 5 fully saturated rings. The van der Waals surface area contributed by atoms with E-state index >= 15 is 0 Å². The van der Waals surface area contributed by atoms with Gasteiger partial charge in [0.1, 0.15) is 0 Å². The van der Waals surface area contributed by atoms with Gasteiger partial charge in [-0.3, -0.25) is 0 Å². The van der Waals surface area contributed by atoms with Crippen molar-refractivity contribution in [2.45, 2.75) is 89.5 Å². The Bertz CT molecular complexity index is 474. The van der Waals surface area contributed by atoms with E-state index in [-0.39, 0.29) is 36.2 Å². The fraction of sp³-hybridized carbons (Fsp3) is 1.00. The quantitative estimate of drug-likeness (QED) is 0.785. The van der Waals surface area contributed by atoms with Gasteiger partial charge in [0.15, 0.2) is 18.2 Å². The van der Waals surface area contributed by atoms with Crippen molar-refractivity contribution >= 4 is 0 Å². The lowest BCUT2D eigenvalue weighted by molar-refractivity contribution is -0.577. The summed E-state index contributed by atoms with van der Waals surface area (Å²) < 4.78 is 18.5. The molecule has 0 radical (unpaired) electrons. The number of fused-ring (bicyclic) bond motifs is 2. The normalized spacial score (nSPS) is 55.6. The van der Waals surface area contributed by atoms with Crippen LogP contribution in [-0.4, -0.2) is 36.1 Å². The van der Waals surface area contributed by atoms with Gasteiger partial charge in [-0.15, -0.1) is 0 Å². The lowest BCUT2D eigenvalue weighted by Gasteiger charge is -2.60. The fourth-order valence-electron chi connectivity index (χ4n) is 5.04. The van der Waals surface area contributed by atoms with E-state index in [2.05, 4.69) is 6.92 Å². The molecule has 0 aromatic carbocycles. The topological polar surface area (TPSA) is 72.2 Å². The first-order valence-electron chi connectivity index (χ1n) is 8.97. The van der Waals surface area contributed by atoms with Crippen LogP contribution in [0.4, 0.5) is 0 Å². The minimum absolute atomic E-state index is 0.0970. The highest BCUT2D eigenvalue weighted by Crippen LogP contribution is 2.59. The van der Waals surface area contributed by atoms with E-state index < -0.39 is 17.7 Å². The molecule has 8 atom stereocenters. The minimum Gasteiger partial charge on any atom is -0.350 e. The lowest BCUT2D eigenvalue weighted by atomic mass is 9.60. The van der Waals surface area contributed by atoms with Crippen LogP contribution in [0.5, 0.6) is 0 Å². The first-order chi connectivity index (χ1) is 10.9. The van der Waals surface area contributed by atoms with Crippen molar-refractivity contribution in [1.29, 1.82) is 0 Å². The summed E-state index contributed by atoms with van der Waals surface area (Å²) in [4.78, 5) is 11.8. The van der Waals surface area contributed by atoms with Gasteiger partial charge in [-0.25, -0.2) is 9.78 Å². The summed E-state index contributed by atoms with van der Waals surface area (Å²) in [5, 5.41) is 0. The largest absolute Gasteiger partial charge is 0.350 e. The van der Waals surface area contributed by atoms with Crippen LogP contribution in [0.2, 0.25) is 0 Å². The maximum absolute atomic E-state index is 6.47. The monoisotopic (exact) mass is 327 g/mol. The molecule has 5 rings (SSSR count). The molecule has 0 aromatic rings. The second-order valence-corrected chi connectivity index (χ2v) is 8.15. The number of rotatable bonds is 2. The van der Waals surface area contributed by atoms with Gasteiger partial charge in [0.05, 0.1) is 6.10 Å². The molecule has 2 N–H and O–H groups in total. The van der Waals surface area contributed by atoms with E-state index in [1.165, 1.54) is 0 Å². The Hall–Kier alpha value is -0.240. The van der Waals surface area contributed by atoms with E-state index in [0.29, 0.717) is 0 Å². The molecule has 1 spiro atoms. The zero-order valence-corrected chi connectivity index (χ0v) is 14.5. The van der Waals surface area contributed by atoms with Crippen LogP contribution in [0.15, 0.2) is 0 Å². The van der Waals surface area contributed by atoms with E-state index in [9.17, 15) is 0 Å². The van der Waals surface area contributed by atoms with Gasteiger partial charge in [0, 0.05) is 30.2 Å². The summed E-state index contributed by atoms with van der Waals surface area (Å²) in [6.45, 7) is 8.15. The van der Waals surface area contributed by atoms with Crippen LogP contribution in [0, 0.1) is 17.8 Å². The Labute approximate surface area is 137 Å². The molecule has 6 heteroatoms. The van der Waals surface area contributed by atoms with E-state index in [0.717, 1.165) is 25.7 Å². The zero-order chi connectivity index (χ0) is 16.4. The van der Waals surface area contributed by atoms with Gasteiger partial charge in [-0.05, 0) is 40.0 Å². The van der Waals surface area contributed by atoms with Gasteiger partial charge < -0.3 is 19.9 Å². The molecule has 132 valence electrons. The van der Waals surface area contributed by atoms with Crippen molar-refractivity contribution in [3.8, 4) is 0 Å². The van der Waals surface area contributed by atoms with Gasteiger partial charge in [-0.2, -0.15) is 0 Å². The Morgan fingerprint density at radius 2 is 1.91 bits per heavy atom. The third kappa shape index (κ3) is 2.30. The smallest absolute Gasteiger partial charge is 0.201 e. The first kappa shape index (κ1) is 16.2. The third-order valence-corrected chi connectivity index (χ3v) is 6.21. The second-order valence-electron chi connectivity index (χ2n) is 8.15. The molecule has 2 bridgehead atoms. The second kappa shape index (κ2) is 5.38. The number of ether oxygens (including phenoxy) is 3. The average molecular weight is 327 g/mol. The highest BCUT2D eigenvalue weighted by atomic mass is 17.3. The van der Waals surface area contributed by atoms with Crippen molar-refractivity contribution in [1.82, 2.24) is 0 Å². The molecule has 4 heterocycles. The summed E-state index contributed by atoms with van der Waals surface area (Å²) in [7, 11) is 0. The van der Waals surface area contributed by atoms with Gasteiger partial charge in [0.2, 0.25) is 5.79 Å². The fourth-order valence-corrected chi connectivity index (χ4v) is 5.04. The van der Waals surface area contributed by atoms with Crippen LogP contribution in [0.1, 0.15) is 53.4 Å². The minimum atomic E-state index is -0.763. The standard InChI is InChI=1S/C17H29NO5/c1-9(2)19-14-10(3)11-5-6-13(18)12-7-8-16(4)21-15(20-14)17(11,12)23-22-16/h9-15H,5-8,18H2,1-4H3/t10-,11+,12+,13-,14+,15-,16-,17+/m1/s1.